The summed E-state index contributed by atoms with van der Waals surface area (Å²) >= 11 is 1.36. The summed E-state index contributed by atoms with van der Waals surface area (Å²) in [4.78, 5) is 23.6. The van der Waals surface area contributed by atoms with Gasteiger partial charge in [0, 0.05) is 32.4 Å². The molecule has 0 N–H and O–H groups in total. The van der Waals surface area contributed by atoms with Crippen molar-refractivity contribution in [3.8, 4) is 11.4 Å². The number of rotatable bonds is 2. The van der Waals surface area contributed by atoms with Crippen LogP contribution in [0.3, 0.4) is 0 Å². The molecule has 5 rings (SSSR count). The zero-order chi connectivity index (χ0) is 22.8. The second kappa shape index (κ2) is 7.12. The number of halogens is 3. The lowest BCUT2D eigenvalue weighted by Crippen LogP contribution is -2.39. The van der Waals surface area contributed by atoms with Gasteiger partial charge >= 0.3 is 6.18 Å². The lowest BCUT2D eigenvalue weighted by Gasteiger charge is -2.32. The van der Waals surface area contributed by atoms with Gasteiger partial charge in [0.1, 0.15) is 5.69 Å². The maximum absolute atomic E-state index is 13.3. The first kappa shape index (κ1) is 20.6. The Morgan fingerprint density at radius 3 is 2.69 bits per heavy atom. The molecule has 1 amide bonds. The second-order valence-corrected chi connectivity index (χ2v) is 8.51. The minimum absolute atomic E-state index is 0.218. The van der Waals surface area contributed by atoms with Gasteiger partial charge in [0.25, 0.3) is 5.91 Å². The van der Waals surface area contributed by atoms with Crippen molar-refractivity contribution in [3.05, 3.63) is 46.5 Å². The van der Waals surface area contributed by atoms with Crippen LogP contribution in [0.1, 0.15) is 40.4 Å². The molecule has 1 aliphatic heterocycles. The molecule has 166 valence electrons. The summed E-state index contributed by atoms with van der Waals surface area (Å²) in [6, 6.07) is 2.43. The Labute approximate surface area is 184 Å². The van der Waals surface area contributed by atoms with Crippen LogP contribution in [0.25, 0.3) is 21.6 Å². The normalized spacial score (nSPS) is 16.6. The number of carbonyl (C=O) groups excluding carboxylic acids is 1. The maximum atomic E-state index is 13.3. The summed E-state index contributed by atoms with van der Waals surface area (Å²) in [5, 5.41) is 8.20. The molecule has 0 spiro atoms. The van der Waals surface area contributed by atoms with E-state index in [1.165, 1.54) is 23.1 Å². The zero-order valence-corrected chi connectivity index (χ0v) is 18.2. The lowest BCUT2D eigenvalue weighted by molar-refractivity contribution is -0.141. The van der Waals surface area contributed by atoms with Gasteiger partial charge in [-0.1, -0.05) is 0 Å². The highest BCUT2D eigenvalue weighted by Gasteiger charge is 2.38. The summed E-state index contributed by atoms with van der Waals surface area (Å²) in [7, 11) is 3.17. The van der Waals surface area contributed by atoms with Crippen LogP contribution in [0.4, 0.5) is 13.2 Å². The summed E-state index contributed by atoms with van der Waals surface area (Å²) in [6.07, 6.45) is -2.51. The zero-order valence-electron chi connectivity index (χ0n) is 17.4. The van der Waals surface area contributed by atoms with Crippen molar-refractivity contribution in [2.45, 2.75) is 25.6 Å². The highest BCUT2D eigenvalue weighted by atomic mass is 32.1. The fourth-order valence-corrected chi connectivity index (χ4v) is 5.01. The number of nitrogens with zero attached hydrogens (tertiary/aromatic N) is 7. The van der Waals surface area contributed by atoms with Gasteiger partial charge in [-0.05, 0) is 25.5 Å². The Hall–Kier alpha value is -3.28. The SMILES string of the molecule is CC1c2nn(C)c(-c3cc(C(F)(F)F)nn3C)c2CCN1C(=O)c1nccc2ncsc12. The molecule has 0 bridgehead atoms. The molecule has 0 saturated heterocycles. The maximum Gasteiger partial charge on any atom is 0.435 e. The monoisotopic (exact) mass is 461 g/mol. The Balaban J connectivity index is 1.53. The molecule has 1 aliphatic rings. The van der Waals surface area contributed by atoms with E-state index in [9.17, 15) is 18.0 Å². The molecule has 8 nitrogen and oxygen atoms in total. The third-order valence-electron chi connectivity index (χ3n) is 5.76. The van der Waals surface area contributed by atoms with E-state index in [4.69, 9.17) is 0 Å². The van der Waals surface area contributed by atoms with Crippen LogP contribution in [0.5, 0.6) is 0 Å². The van der Waals surface area contributed by atoms with Crippen LogP contribution in [-0.4, -0.2) is 46.9 Å². The number of aromatic nitrogens is 6. The third-order valence-corrected chi connectivity index (χ3v) is 6.61. The van der Waals surface area contributed by atoms with E-state index in [0.29, 0.717) is 35.7 Å². The van der Waals surface area contributed by atoms with Crippen molar-refractivity contribution >= 4 is 27.5 Å². The van der Waals surface area contributed by atoms with Gasteiger partial charge in [-0.15, -0.1) is 11.3 Å². The van der Waals surface area contributed by atoms with Gasteiger partial charge in [0.15, 0.2) is 5.69 Å². The van der Waals surface area contributed by atoms with Crippen molar-refractivity contribution in [2.24, 2.45) is 14.1 Å². The van der Waals surface area contributed by atoms with Gasteiger partial charge in [-0.3, -0.25) is 14.2 Å². The van der Waals surface area contributed by atoms with Crippen molar-refractivity contribution in [2.75, 3.05) is 6.54 Å². The molecule has 0 radical (unpaired) electrons. The van der Waals surface area contributed by atoms with E-state index in [2.05, 4.69) is 20.2 Å². The highest BCUT2D eigenvalue weighted by molar-refractivity contribution is 7.17. The first-order valence-corrected chi connectivity index (χ1v) is 10.7. The summed E-state index contributed by atoms with van der Waals surface area (Å²) in [5.74, 6) is -0.218. The number of hydrogen-bond acceptors (Lipinski definition) is 6. The van der Waals surface area contributed by atoms with Crippen LogP contribution in [0.15, 0.2) is 23.8 Å². The third kappa shape index (κ3) is 3.08. The van der Waals surface area contributed by atoms with Gasteiger partial charge in [0.05, 0.1) is 38.9 Å². The molecule has 0 aliphatic carbocycles. The summed E-state index contributed by atoms with van der Waals surface area (Å²) < 4.78 is 43.0. The quantitative estimate of drug-likeness (QED) is 0.456. The number of amides is 1. The minimum atomic E-state index is -4.53. The van der Waals surface area contributed by atoms with Crippen molar-refractivity contribution < 1.29 is 18.0 Å². The van der Waals surface area contributed by atoms with Crippen LogP contribution in [-0.2, 0) is 26.7 Å². The molecular formula is C20H18F3N7OS. The van der Waals surface area contributed by atoms with Crippen LogP contribution in [0, 0.1) is 0 Å². The number of carbonyl (C=O) groups is 1. The van der Waals surface area contributed by atoms with Gasteiger partial charge in [0.2, 0.25) is 0 Å². The van der Waals surface area contributed by atoms with Crippen LogP contribution < -0.4 is 0 Å². The lowest BCUT2D eigenvalue weighted by atomic mass is 9.97. The summed E-state index contributed by atoms with van der Waals surface area (Å²) in [6.45, 7) is 2.26. The fourth-order valence-electron chi connectivity index (χ4n) is 4.25. The predicted octanol–water partition coefficient (Wildman–Crippen LogP) is 3.60. The standard InChI is InChI=1S/C20H18F3N7OS/c1-10-15-11(17(29(3)27-15)13-8-14(20(21,22)23)26-28(13)2)5-7-30(10)19(31)16-18-12(4-6-24-16)25-9-32-18/h4,6,8-10H,5,7H2,1-3H3. The van der Waals surface area contributed by atoms with E-state index in [1.54, 1.807) is 34.4 Å². The van der Waals surface area contributed by atoms with E-state index in [-0.39, 0.29) is 11.9 Å². The average Bonchev–Trinajstić information content (AvgIpc) is 3.44. The van der Waals surface area contributed by atoms with Gasteiger partial charge < -0.3 is 4.90 Å². The molecule has 0 aromatic carbocycles. The molecule has 0 saturated carbocycles. The van der Waals surface area contributed by atoms with E-state index in [1.807, 2.05) is 6.92 Å². The molecular weight excluding hydrogens is 443 g/mol. The molecule has 32 heavy (non-hydrogen) atoms. The molecule has 12 heteroatoms. The largest absolute Gasteiger partial charge is 0.435 e. The molecule has 4 aromatic rings. The Kier molecular flexibility index (Phi) is 4.59. The molecule has 0 fully saturated rings. The number of pyridine rings is 1. The van der Waals surface area contributed by atoms with Gasteiger partial charge in [-0.2, -0.15) is 23.4 Å². The smallest absolute Gasteiger partial charge is 0.329 e. The number of alkyl halides is 3. The summed E-state index contributed by atoms with van der Waals surface area (Å²) in [5.41, 5.74) is 4.18. The van der Waals surface area contributed by atoms with E-state index >= 15 is 0 Å². The Morgan fingerprint density at radius 1 is 1.19 bits per heavy atom. The highest BCUT2D eigenvalue weighted by Crippen LogP contribution is 2.38. The second-order valence-electron chi connectivity index (χ2n) is 7.66. The topological polar surface area (TPSA) is 81.7 Å². The molecule has 5 heterocycles. The average molecular weight is 461 g/mol. The van der Waals surface area contributed by atoms with E-state index in [0.717, 1.165) is 21.8 Å². The number of thiazole rings is 1. The minimum Gasteiger partial charge on any atom is -0.329 e. The van der Waals surface area contributed by atoms with Crippen molar-refractivity contribution in [1.82, 2.24) is 34.4 Å². The fraction of sp³-hybridized carbons (Fsp3) is 0.350. The molecule has 1 atom stereocenters. The van der Waals surface area contributed by atoms with E-state index < -0.39 is 11.9 Å². The predicted molar refractivity (Wildman–Crippen MR) is 111 cm³/mol. The molecule has 4 aromatic heterocycles. The molecule has 1 unspecified atom stereocenters. The van der Waals surface area contributed by atoms with Crippen LogP contribution >= 0.6 is 11.3 Å². The first-order valence-electron chi connectivity index (χ1n) is 9.83. The Bertz CT molecular complexity index is 1350. The number of hydrogen-bond donors (Lipinski definition) is 0. The van der Waals surface area contributed by atoms with Crippen molar-refractivity contribution in [3.63, 3.8) is 0 Å². The van der Waals surface area contributed by atoms with Crippen molar-refractivity contribution in [1.29, 1.82) is 0 Å². The number of aryl methyl sites for hydroxylation is 2. The number of fused-ring (bicyclic) bond motifs is 2. The van der Waals surface area contributed by atoms with Gasteiger partial charge in [-0.25, -0.2) is 9.97 Å². The Morgan fingerprint density at radius 2 is 1.97 bits per heavy atom. The first-order chi connectivity index (χ1) is 15.2. The van der Waals surface area contributed by atoms with Crippen LogP contribution in [0.2, 0.25) is 0 Å².